The number of rotatable bonds is 1. The average Bonchev–Trinajstić information content (AvgIpc) is 2.62. The topological polar surface area (TPSA) is 28.6 Å². The average molecular weight is 380 g/mol. The molecule has 0 atom stereocenters. The lowest BCUT2D eigenvalue weighted by atomic mass is 10.1. The van der Waals surface area contributed by atoms with E-state index in [-0.39, 0.29) is 4.57 Å². The Hall–Kier alpha value is -3.03. The Morgan fingerprint density at radius 3 is 1.42 bits per heavy atom. The van der Waals surface area contributed by atoms with E-state index in [9.17, 15) is 35.1 Å². The first kappa shape index (κ1) is 19.3. The summed E-state index contributed by atoms with van der Waals surface area (Å²) in [5, 5.41) is 5.85. The van der Waals surface area contributed by atoms with Crippen molar-refractivity contribution < 1.29 is 39.7 Å². The van der Waals surface area contributed by atoms with Gasteiger partial charge in [-0.25, -0.2) is 17.6 Å². The molecule has 26 heavy (non-hydrogen) atoms. The zero-order valence-electron chi connectivity index (χ0n) is 12.9. The molecule has 1 heterocycles. The van der Waals surface area contributed by atoms with Crippen LogP contribution in [0.15, 0.2) is 10.2 Å². The SMILES string of the molecule is CN=Nc1c(F)c(F)c(C#Cc2c(F)c(F)[n+](C)c(F)c2F)c(F)c1F. The van der Waals surface area contributed by atoms with Crippen molar-refractivity contribution in [2.75, 3.05) is 7.05 Å². The van der Waals surface area contributed by atoms with E-state index in [0.717, 1.165) is 7.05 Å². The number of nitrogens with zero attached hydrogens (tertiary/aromatic N) is 3. The molecule has 0 aliphatic heterocycles. The molecule has 0 N–H and O–H groups in total. The van der Waals surface area contributed by atoms with Gasteiger partial charge in [-0.3, -0.25) is 0 Å². The van der Waals surface area contributed by atoms with E-state index in [1.807, 2.05) is 0 Å². The number of halogens is 8. The molecular weight excluding hydrogens is 374 g/mol. The summed E-state index contributed by atoms with van der Waals surface area (Å²) < 4.78 is 109. The third kappa shape index (κ3) is 2.98. The van der Waals surface area contributed by atoms with Crippen molar-refractivity contribution in [3.05, 3.63) is 57.9 Å². The van der Waals surface area contributed by atoms with Gasteiger partial charge in [0.2, 0.25) is 11.6 Å². The lowest BCUT2D eigenvalue weighted by Gasteiger charge is -2.04. The molecule has 0 spiro atoms. The van der Waals surface area contributed by atoms with Gasteiger partial charge in [0.05, 0.1) is 0 Å². The minimum Gasteiger partial charge on any atom is -0.202 e. The molecule has 136 valence electrons. The second-order valence-electron chi connectivity index (χ2n) is 4.67. The monoisotopic (exact) mass is 380 g/mol. The van der Waals surface area contributed by atoms with Crippen LogP contribution in [0.1, 0.15) is 11.1 Å². The zero-order valence-corrected chi connectivity index (χ0v) is 12.9. The minimum atomic E-state index is -2.03. The van der Waals surface area contributed by atoms with E-state index in [1.165, 1.54) is 11.8 Å². The quantitative estimate of drug-likeness (QED) is 0.180. The van der Waals surface area contributed by atoms with Gasteiger partial charge in [0.25, 0.3) is 0 Å². The van der Waals surface area contributed by atoms with Gasteiger partial charge in [-0.05, 0) is 0 Å². The Kier molecular flexibility index (Phi) is 5.25. The van der Waals surface area contributed by atoms with Crippen LogP contribution >= 0.6 is 0 Å². The van der Waals surface area contributed by atoms with Gasteiger partial charge in [0.15, 0.2) is 29.0 Å². The highest BCUT2D eigenvalue weighted by Crippen LogP contribution is 2.30. The standard InChI is InChI=1S/C15H6F8N3/c1-24-25-13-11(20)7(16)5(8(17)12(13)21)3-4-6-9(18)14(22)26(2)15(23)10(6)19/h1-2H3/q+1. The normalized spacial score (nSPS) is 11.0. The third-order valence-corrected chi connectivity index (χ3v) is 3.14. The molecule has 1 aromatic carbocycles. The summed E-state index contributed by atoms with van der Waals surface area (Å²) in [6.45, 7) is 0. The lowest BCUT2D eigenvalue weighted by Crippen LogP contribution is -2.40. The molecular formula is C15H6F8N3+. The van der Waals surface area contributed by atoms with Crippen LogP contribution < -0.4 is 4.57 Å². The smallest absolute Gasteiger partial charge is 0.202 e. The number of hydrogen-bond acceptors (Lipinski definition) is 2. The van der Waals surface area contributed by atoms with Gasteiger partial charge in [-0.1, -0.05) is 11.8 Å². The van der Waals surface area contributed by atoms with Gasteiger partial charge in [0, 0.05) is 7.05 Å². The first-order chi connectivity index (χ1) is 12.1. The number of hydrogen-bond donors (Lipinski definition) is 0. The van der Waals surface area contributed by atoms with Crippen LogP contribution in [0.4, 0.5) is 40.8 Å². The molecule has 11 heteroatoms. The summed E-state index contributed by atoms with van der Waals surface area (Å²) >= 11 is 0. The predicted molar refractivity (Wildman–Crippen MR) is 70.1 cm³/mol. The van der Waals surface area contributed by atoms with Crippen molar-refractivity contribution in [2.24, 2.45) is 17.3 Å². The van der Waals surface area contributed by atoms with Gasteiger partial charge in [-0.15, -0.1) is 18.5 Å². The Bertz CT molecular complexity index is 947. The minimum absolute atomic E-state index is 0.110. The summed E-state index contributed by atoms with van der Waals surface area (Å²) in [5.41, 5.74) is -4.45. The molecule has 0 unspecified atom stereocenters. The fourth-order valence-corrected chi connectivity index (χ4v) is 1.84. The highest BCUT2D eigenvalue weighted by Gasteiger charge is 2.30. The molecule has 0 radical (unpaired) electrons. The van der Waals surface area contributed by atoms with Crippen molar-refractivity contribution in [1.82, 2.24) is 0 Å². The second-order valence-corrected chi connectivity index (χ2v) is 4.67. The third-order valence-electron chi connectivity index (χ3n) is 3.14. The van der Waals surface area contributed by atoms with Crippen LogP contribution in [-0.4, -0.2) is 7.05 Å². The van der Waals surface area contributed by atoms with E-state index in [4.69, 9.17) is 0 Å². The largest absolute Gasteiger partial charge is 0.399 e. The summed E-state index contributed by atoms with van der Waals surface area (Å²) in [6, 6.07) is 0. The van der Waals surface area contributed by atoms with Crippen LogP contribution in [0.3, 0.4) is 0 Å². The van der Waals surface area contributed by atoms with Gasteiger partial charge < -0.3 is 0 Å². The number of benzene rings is 1. The van der Waals surface area contributed by atoms with Crippen molar-refractivity contribution in [3.8, 4) is 11.8 Å². The highest BCUT2D eigenvalue weighted by molar-refractivity contribution is 5.51. The van der Waals surface area contributed by atoms with Crippen LogP contribution in [-0.2, 0) is 7.05 Å². The van der Waals surface area contributed by atoms with E-state index in [2.05, 4.69) is 10.2 Å². The van der Waals surface area contributed by atoms with E-state index in [1.54, 1.807) is 0 Å². The van der Waals surface area contributed by atoms with Gasteiger partial charge >= 0.3 is 11.9 Å². The first-order valence-electron chi connectivity index (χ1n) is 6.53. The number of aromatic nitrogens is 1. The maximum Gasteiger partial charge on any atom is 0.399 e. The molecule has 0 amide bonds. The number of azo groups is 1. The molecule has 2 aromatic rings. The molecule has 1 aromatic heterocycles. The van der Waals surface area contributed by atoms with Crippen LogP contribution in [0.25, 0.3) is 0 Å². The van der Waals surface area contributed by atoms with E-state index >= 15 is 0 Å². The Morgan fingerprint density at radius 1 is 0.654 bits per heavy atom. The van der Waals surface area contributed by atoms with Crippen molar-refractivity contribution in [3.63, 3.8) is 0 Å². The summed E-state index contributed by atoms with van der Waals surface area (Å²) in [4.78, 5) is 0. The van der Waals surface area contributed by atoms with Crippen LogP contribution in [0, 0.1) is 58.6 Å². The molecule has 0 bridgehead atoms. The molecule has 2 rings (SSSR count). The van der Waals surface area contributed by atoms with Crippen molar-refractivity contribution in [1.29, 1.82) is 0 Å². The van der Waals surface area contributed by atoms with E-state index in [0.29, 0.717) is 7.05 Å². The highest BCUT2D eigenvalue weighted by atomic mass is 19.2. The lowest BCUT2D eigenvalue weighted by molar-refractivity contribution is -0.730. The molecule has 0 saturated heterocycles. The Balaban J connectivity index is 2.75. The molecule has 3 nitrogen and oxygen atoms in total. The van der Waals surface area contributed by atoms with Crippen molar-refractivity contribution >= 4 is 5.69 Å². The maximum atomic E-state index is 13.8. The van der Waals surface area contributed by atoms with Gasteiger partial charge in [0.1, 0.15) is 18.2 Å². The fraction of sp³-hybridized carbons (Fsp3) is 0.133. The van der Waals surface area contributed by atoms with Crippen molar-refractivity contribution in [2.45, 2.75) is 0 Å². The molecule has 0 fully saturated rings. The van der Waals surface area contributed by atoms with Crippen LogP contribution in [0.2, 0.25) is 0 Å². The molecule has 0 aliphatic rings. The maximum absolute atomic E-state index is 13.8. The Labute approximate surface area is 140 Å². The first-order valence-corrected chi connectivity index (χ1v) is 6.53. The van der Waals surface area contributed by atoms with Gasteiger partial charge in [-0.2, -0.15) is 13.9 Å². The molecule has 0 saturated carbocycles. The summed E-state index contributed by atoms with van der Waals surface area (Å²) in [5.74, 6) is -12.7. The predicted octanol–water partition coefficient (Wildman–Crippen LogP) is 3.74. The second kappa shape index (κ2) is 7.07. The summed E-state index contributed by atoms with van der Waals surface area (Å²) in [6.07, 6.45) is 0. The fourth-order valence-electron chi connectivity index (χ4n) is 1.84. The summed E-state index contributed by atoms with van der Waals surface area (Å²) in [7, 11) is 1.64. The Morgan fingerprint density at radius 2 is 1.04 bits per heavy atom. The van der Waals surface area contributed by atoms with E-state index < -0.39 is 63.6 Å². The van der Waals surface area contributed by atoms with Crippen LogP contribution in [0.5, 0.6) is 0 Å². The zero-order chi connectivity index (χ0) is 19.8. The number of pyridine rings is 1. The molecule has 0 aliphatic carbocycles.